The van der Waals surface area contributed by atoms with Gasteiger partial charge in [0.25, 0.3) is 0 Å². The number of hydrogen-bond acceptors (Lipinski definition) is 5. The zero-order valence-electron chi connectivity index (χ0n) is 10.7. The van der Waals surface area contributed by atoms with E-state index < -0.39 is 6.10 Å². The van der Waals surface area contributed by atoms with E-state index in [1.807, 2.05) is 0 Å². The van der Waals surface area contributed by atoms with E-state index in [2.05, 4.69) is 0 Å². The Morgan fingerprint density at radius 2 is 1.50 bits per heavy atom. The Hall–Kier alpha value is -2.40. The number of aliphatic hydroxyl groups excluding tert-OH is 1. The quantitative estimate of drug-likeness (QED) is 0.589. The molecule has 0 aromatic heterocycles. The Morgan fingerprint density at radius 3 is 2.10 bits per heavy atom. The molecule has 0 radical (unpaired) electrons. The molecule has 0 saturated heterocycles. The molecule has 106 valence electrons. The van der Waals surface area contributed by atoms with Crippen molar-refractivity contribution in [1.82, 2.24) is 0 Å². The first-order chi connectivity index (χ1) is 9.49. The Labute approximate surface area is 116 Å². The van der Waals surface area contributed by atoms with Crippen LogP contribution in [0.25, 0.3) is 0 Å². The van der Waals surface area contributed by atoms with Crippen molar-refractivity contribution in [3.63, 3.8) is 0 Å². The van der Waals surface area contributed by atoms with Crippen LogP contribution in [0.15, 0.2) is 36.4 Å². The Balaban J connectivity index is 2.11. The number of aliphatic hydroxyl groups is 1. The smallest absolute Gasteiger partial charge is 0.125 e. The van der Waals surface area contributed by atoms with Crippen LogP contribution in [0.3, 0.4) is 0 Å². The fraction of sp³-hybridized carbons (Fsp3) is 0.200. The van der Waals surface area contributed by atoms with Crippen LogP contribution < -0.4 is 0 Å². The molecule has 0 spiro atoms. The third-order valence-corrected chi connectivity index (χ3v) is 3.15. The number of rotatable bonds is 4. The molecule has 5 nitrogen and oxygen atoms in total. The average Bonchev–Trinajstić information content (AvgIpc) is 2.37. The maximum atomic E-state index is 10.0. The molecule has 1 atom stereocenters. The summed E-state index contributed by atoms with van der Waals surface area (Å²) in [6, 6.07) is 8.47. The van der Waals surface area contributed by atoms with Crippen LogP contribution in [0.2, 0.25) is 0 Å². The zero-order chi connectivity index (χ0) is 14.7. The number of phenols is 4. The molecule has 0 heterocycles. The maximum Gasteiger partial charge on any atom is 0.125 e. The van der Waals surface area contributed by atoms with Gasteiger partial charge in [0, 0.05) is 6.07 Å². The third kappa shape index (κ3) is 2.95. The Bertz CT molecular complexity index is 589. The van der Waals surface area contributed by atoms with E-state index in [9.17, 15) is 25.5 Å². The summed E-state index contributed by atoms with van der Waals surface area (Å²) in [6.45, 7) is 0. The SMILES string of the molecule is Oc1ccc(CCC(O)c2c(O)cccc2O)c(O)c1. The molecule has 0 amide bonds. The number of hydrogen-bond donors (Lipinski definition) is 5. The number of phenolic OH excluding ortho intramolecular Hbond substituents is 4. The second-order valence-electron chi connectivity index (χ2n) is 4.58. The van der Waals surface area contributed by atoms with Crippen LogP contribution in [-0.4, -0.2) is 25.5 Å². The maximum absolute atomic E-state index is 10.0. The van der Waals surface area contributed by atoms with Gasteiger partial charge >= 0.3 is 0 Å². The highest BCUT2D eigenvalue weighted by Crippen LogP contribution is 2.35. The average molecular weight is 276 g/mol. The second kappa shape index (κ2) is 5.71. The van der Waals surface area contributed by atoms with Crippen LogP contribution in [0.4, 0.5) is 0 Å². The Morgan fingerprint density at radius 1 is 0.850 bits per heavy atom. The summed E-state index contributed by atoms with van der Waals surface area (Å²) in [5.41, 5.74) is 0.641. The standard InChI is InChI=1S/C15H16O5/c16-10-6-4-9(14(20)8-10)5-7-13(19)15-11(17)2-1-3-12(15)18/h1-4,6,8,13,16-20H,5,7H2. The van der Waals surface area contributed by atoms with Gasteiger partial charge in [0.05, 0.1) is 11.7 Å². The molecule has 0 fully saturated rings. The van der Waals surface area contributed by atoms with Crippen molar-refractivity contribution in [2.75, 3.05) is 0 Å². The topological polar surface area (TPSA) is 101 Å². The van der Waals surface area contributed by atoms with Gasteiger partial charge in [0.2, 0.25) is 0 Å². The van der Waals surface area contributed by atoms with E-state index in [1.54, 1.807) is 6.07 Å². The van der Waals surface area contributed by atoms with E-state index in [4.69, 9.17) is 0 Å². The van der Waals surface area contributed by atoms with Gasteiger partial charge in [-0.1, -0.05) is 12.1 Å². The normalized spacial score (nSPS) is 12.2. The van der Waals surface area contributed by atoms with Crippen molar-refractivity contribution in [2.24, 2.45) is 0 Å². The monoisotopic (exact) mass is 276 g/mol. The van der Waals surface area contributed by atoms with Gasteiger partial charge in [0.15, 0.2) is 0 Å². The number of aryl methyl sites for hydroxylation is 1. The van der Waals surface area contributed by atoms with Crippen molar-refractivity contribution in [3.05, 3.63) is 47.5 Å². The molecule has 1 unspecified atom stereocenters. The highest BCUT2D eigenvalue weighted by atomic mass is 16.3. The molecule has 0 bridgehead atoms. The molecule has 0 aliphatic carbocycles. The fourth-order valence-electron chi connectivity index (χ4n) is 2.08. The number of aromatic hydroxyl groups is 4. The second-order valence-corrected chi connectivity index (χ2v) is 4.58. The van der Waals surface area contributed by atoms with Crippen molar-refractivity contribution < 1.29 is 25.5 Å². The van der Waals surface area contributed by atoms with Gasteiger partial charge in [0.1, 0.15) is 23.0 Å². The lowest BCUT2D eigenvalue weighted by Gasteiger charge is -2.14. The fourth-order valence-corrected chi connectivity index (χ4v) is 2.08. The van der Waals surface area contributed by atoms with Gasteiger partial charge in [-0.05, 0) is 36.6 Å². The molecule has 2 aromatic carbocycles. The molecule has 2 rings (SSSR count). The lowest BCUT2D eigenvalue weighted by atomic mass is 9.99. The molecule has 20 heavy (non-hydrogen) atoms. The first-order valence-corrected chi connectivity index (χ1v) is 6.19. The summed E-state index contributed by atoms with van der Waals surface area (Å²) < 4.78 is 0. The van der Waals surface area contributed by atoms with Gasteiger partial charge in [-0.3, -0.25) is 0 Å². The predicted molar refractivity (Wildman–Crippen MR) is 72.8 cm³/mol. The minimum absolute atomic E-state index is 0.0369. The van der Waals surface area contributed by atoms with Crippen molar-refractivity contribution >= 4 is 0 Å². The summed E-state index contributed by atoms with van der Waals surface area (Å²) in [4.78, 5) is 0. The van der Waals surface area contributed by atoms with Crippen LogP contribution in [-0.2, 0) is 6.42 Å². The summed E-state index contributed by atoms with van der Waals surface area (Å²) >= 11 is 0. The van der Waals surface area contributed by atoms with Crippen molar-refractivity contribution in [1.29, 1.82) is 0 Å². The van der Waals surface area contributed by atoms with Crippen LogP contribution >= 0.6 is 0 Å². The molecular weight excluding hydrogens is 260 g/mol. The molecule has 0 saturated carbocycles. The van der Waals surface area contributed by atoms with E-state index in [0.717, 1.165) is 0 Å². The molecule has 0 aliphatic heterocycles. The number of benzene rings is 2. The first-order valence-electron chi connectivity index (χ1n) is 6.19. The summed E-state index contributed by atoms with van der Waals surface area (Å²) in [7, 11) is 0. The van der Waals surface area contributed by atoms with Gasteiger partial charge in [-0.15, -0.1) is 0 Å². The minimum atomic E-state index is -1.05. The molecule has 0 aliphatic rings. The largest absolute Gasteiger partial charge is 0.508 e. The van der Waals surface area contributed by atoms with E-state index in [-0.39, 0.29) is 35.0 Å². The van der Waals surface area contributed by atoms with Gasteiger partial charge in [-0.2, -0.15) is 0 Å². The lowest BCUT2D eigenvalue weighted by molar-refractivity contribution is 0.160. The highest BCUT2D eigenvalue weighted by molar-refractivity contribution is 5.45. The minimum Gasteiger partial charge on any atom is -0.508 e. The zero-order valence-corrected chi connectivity index (χ0v) is 10.7. The summed E-state index contributed by atoms with van der Waals surface area (Å²) in [5.74, 6) is -0.441. The van der Waals surface area contributed by atoms with Crippen molar-refractivity contribution in [2.45, 2.75) is 18.9 Å². The third-order valence-electron chi connectivity index (χ3n) is 3.15. The van der Waals surface area contributed by atoms with Crippen LogP contribution in [0.1, 0.15) is 23.7 Å². The van der Waals surface area contributed by atoms with Crippen LogP contribution in [0.5, 0.6) is 23.0 Å². The van der Waals surface area contributed by atoms with Gasteiger partial charge < -0.3 is 25.5 Å². The summed E-state index contributed by atoms with van der Waals surface area (Å²) in [5, 5.41) is 48.2. The molecule has 5 N–H and O–H groups in total. The van der Waals surface area contributed by atoms with Crippen LogP contribution in [0, 0.1) is 0 Å². The molecular formula is C15H16O5. The van der Waals surface area contributed by atoms with E-state index in [0.29, 0.717) is 12.0 Å². The van der Waals surface area contributed by atoms with E-state index in [1.165, 1.54) is 30.3 Å². The Kier molecular flexibility index (Phi) is 4.00. The predicted octanol–water partition coefficient (Wildman–Crippen LogP) is 2.18. The molecule has 2 aromatic rings. The highest BCUT2D eigenvalue weighted by Gasteiger charge is 2.17. The van der Waals surface area contributed by atoms with Gasteiger partial charge in [-0.25, -0.2) is 0 Å². The summed E-state index contributed by atoms with van der Waals surface area (Å²) in [6.07, 6.45) is -0.505. The first kappa shape index (κ1) is 14.0. The molecule has 5 heteroatoms. The van der Waals surface area contributed by atoms with Crippen molar-refractivity contribution in [3.8, 4) is 23.0 Å². The lowest BCUT2D eigenvalue weighted by Crippen LogP contribution is -2.01. The van der Waals surface area contributed by atoms with E-state index >= 15 is 0 Å².